The summed E-state index contributed by atoms with van der Waals surface area (Å²) in [4.78, 5) is 14.1. The van der Waals surface area contributed by atoms with Crippen LogP contribution in [0.1, 0.15) is 31.2 Å². The van der Waals surface area contributed by atoms with E-state index in [-0.39, 0.29) is 6.09 Å². The van der Waals surface area contributed by atoms with E-state index in [1.165, 1.54) is 19.3 Å². The number of hydrogen-bond donors (Lipinski definition) is 0. The van der Waals surface area contributed by atoms with Crippen molar-refractivity contribution in [3.63, 3.8) is 0 Å². The number of ether oxygens (including phenoxy) is 1. The number of carbonyl (C=O) groups excluding carboxylic acids is 1. The second-order valence-electron chi connectivity index (χ2n) is 6.47. The van der Waals surface area contributed by atoms with E-state index in [0.717, 1.165) is 36.3 Å². The summed E-state index contributed by atoms with van der Waals surface area (Å²) in [5, 5.41) is 1.09. The summed E-state index contributed by atoms with van der Waals surface area (Å²) >= 11 is 3.60. The molecule has 1 aromatic rings. The maximum Gasteiger partial charge on any atom is 0.410 e. The van der Waals surface area contributed by atoms with Crippen LogP contribution in [0.25, 0.3) is 0 Å². The third-order valence-electron chi connectivity index (χ3n) is 4.92. The van der Waals surface area contributed by atoms with E-state index >= 15 is 0 Å². The van der Waals surface area contributed by atoms with Crippen molar-refractivity contribution in [2.75, 3.05) is 18.4 Å². The number of likely N-dealkylation sites (tertiary alicyclic amines) is 1. The predicted molar refractivity (Wildman–Crippen MR) is 86.4 cm³/mol. The molecule has 1 amide bonds. The Balaban J connectivity index is 1.51. The molecule has 1 aromatic carbocycles. The van der Waals surface area contributed by atoms with Gasteiger partial charge in [0.05, 0.1) is 0 Å². The van der Waals surface area contributed by atoms with Gasteiger partial charge < -0.3 is 9.64 Å². The molecule has 1 heterocycles. The van der Waals surface area contributed by atoms with Gasteiger partial charge in [-0.15, -0.1) is 0 Å². The monoisotopic (exact) mass is 351 g/mol. The molecule has 21 heavy (non-hydrogen) atoms. The molecule has 1 saturated heterocycles. The van der Waals surface area contributed by atoms with Gasteiger partial charge in [0.15, 0.2) is 0 Å². The highest BCUT2D eigenvalue weighted by Crippen LogP contribution is 2.48. The Morgan fingerprint density at radius 2 is 2.14 bits per heavy atom. The fraction of sp³-hybridized carbons (Fsp3) is 0.588. The van der Waals surface area contributed by atoms with E-state index in [1.54, 1.807) is 0 Å². The lowest BCUT2D eigenvalue weighted by atomic mass is 9.85. The quantitative estimate of drug-likeness (QED) is 0.763. The first-order valence-electron chi connectivity index (χ1n) is 7.72. The molecule has 4 heteroatoms. The Kier molecular flexibility index (Phi) is 4.53. The number of rotatable bonds is 3. The van der Waals surface area contributed by atoms with Crippen LogP contribution in [0.2, 0.25) is 0 Å². The molecule has 2 fully saturated rings. The molecule has 3 rings (SSSR count). The maximum absolute atomic E-state index is 12.2. The molecule has 0 aromatic heterocycles. The van der Waals surface area contributed by atoms with Gasteiger partial charge in [0.25, 0.3) is 0 Å². The van der Waals surface area contributed by atoms with E-state index in [0.29, 0.717) is 12.0 Å². The van der Waals surface area contributed by atoms with E-state index in [4.69, 9.17) is 4.74 Å². The fourth-order valence-electron chi connectivity index (χ4n) is 3.73. The molecule has 1 saturated carbocycles. The van der Waals surface area contributed by atoms with Crippen LogP contribution in [0.15, 0.2) is 30.3 Å². The Morgan fingerprint density at radius 3 is 2.86 bits per heavy atom. The minimum atomic E-state index is -0.155. The van der Waals surface area contributed by atoms with Crippen molar-refractivity contribution in [2.45, 2.75) is 32.3 Å². The highest BCUT2D eigenvalue weighted by Gasteiger charge is 2.45. The lowest BCUT2D eigenvalue weighted by Gasteiger charge is -2.23. The van der Waals surface area contributed by atoms with Gasteiger partial charge in [-0.05, 0) is 42.6 Å². The standard InChI is InChI=1S/C17H22BrNO2/c18-11-15-6-7-17(10-15)8-9-19(13-17)16(20)21-12-14-4-2-1-3-5-14/h1-5,15H,6-13H2/t15-,17+/m1/s1. The topological polar surface area (TPSA) is 29.5 Å². The molecular formula is C17H22BrNO2. The number of benzene rings is 1. The second-order valence-corrected chi connectivity index (χ2v) is 7.12. The summed E-state index contributed by atoms with van der Waals surface area (Å²) in [6, 6.07) is 9.86. The smallest absolute Gasteiger partial charge is 0.410 e. The number of alkyl halides is 1. The van der Waals surface area contributed by atoms with Gasteiger partial charge in [-0.1, -0.05) is 46.3 Å². The van der Waals surface area contributed by atoms with Gasteiger partial charge in [0.2, 0.25) is 0 Å². The van der Waals surface area contributed by atoms with Gasteiger partial charge in [-0.3, -0.25) is 0 Å². The summed E-state index contributed by atoms with van der Waals surface area (Å²) in [6.45, 7) is 2.10. The van der Waals surface area contributed by atoms with Crippen molar-refractivity contribution in [1.29, 1.82) is 0 Å². The summed E-state index contributed by atoms with van der Waals surface area (Å²) < 4.78 is 5.45. The average molecular weight is 352 g/mol. The van der Waals surface area contributed by atoms with Crippen molar-refractivity contribution < 1.29 is 9.53 Å². The van der Waals surface area contributed by atoms with Crippen LogP contribution in [0.5, 0.6) is 0 Å². The van der Waals surface area contributed by atoms with Crippen LogP contribution >= 0.6 is 15.9 Å². The Labute approximate surface area is 134 Å². The van der Waals surface area contributed by atoms with Crippen molar-refractivity contribution in [3.8, 4) is 0 Å². The normalized spacial score (nSPS) is 28.2. The minimum Gasteiger partial charge on any atom is -0.445 e. The lowest BCUT2D eigenvalue weighted by Crippen LogP contribution is -2.31. The predicted octanol–water partition coefficient (Wildman–Crippen LogP) is 4.21. The third-order valence-corrected chi connectivity index (χ3v) is 5.84. The van der Waals surface area contributed by atoms with Crippen LogP contribution in [0.4, 0.5) is 4.79 Å². The third kappa shape index (κ3) is 3.42. The van der Waals surface area contributed by atoms with E-state index in [9.17, 15) is 4.79 Å². The van der Waals surface area contributed by atoms with Crippen LogP contribution < -0.4 is 0 Å². The van der Waals surface area contributed by atoms with Gasteiger partial charge in [0, 0.05) is 18.4 Å². The van der Waals surface area contributed by atoms with E-state index in [2.05, 4.69) is 15.9 Å². The zero-order chi connectivity index (χ0) is 14.7. The number of carbonyl (C=O) groups is 1. The number of hydrogen-bond acceptors (Lipinski definition) is 2. The first kappa shape index (κ1) is 14.9. The molecule has 3 nitrogen and oxygen atoms in total. The highest BCUT2D eigenvalue weighted by atomic mass is 79.9. The van der Waals surface area contributed by atoms with Crippen LogP contribution in [0.3, 0.4) is 0 Å². The SMILES string of the molecule is O=C(OCc1ccccc1)N1CC[C@]2(CC[C@@H](CBr)C2)C1. The molecule has 1 aliphatic carbocycles. The summed E-state index contributed by atoms with van der Waals surface area (Å²) in [5.41, 5.74) is 1.41. The fourth-order valence-corrected chi connectivity index (χ4v) is 4.28. The molecule has 1 spiro atoms. The van der Waals surface area contributed by atoms with Gasteiger partial charge >= 0.3 is 6.09 Å². The van der Waals surface area contributed by atoms with Gasteiger partial charge in [0.1, 0.15) is 6.61 Å². The van der Waals surface area contributed by atoms with Crippen molar-refractivity contribution in [1.82, 2.24) is 4.90 Å². The Morgan fingerprint density at radius 1 is 1.33 bits per heavy atom. The summed E-state index contributed by atoms with van der Waals surface area (Å²) in [6.07, 6.45) is 4.78. The second kappa shape index (κ2) is 6.39. The number of amides is 1. The zero-order valence-corrected chi connectivity index (χ0v) is 13.8. The van der Waals surface area contributed by atoms with E-state index in [1.807, 2.05) is 35.2 Å². The molecule has 0 radical (unpaired) electrons. The minimum absolute atomic E-state index is 0.155. The first-order chi connectivity index (χ1) is 10.2. The van der Waals surface area contributed by atoms with Crippen molar-refractivity contribution >= 4 is 22.0 Å². The average Bonchev–Trinajstić information content (AvgIpc) is 3.13. The molecule has 2 aliphatic rings. The highest BCUT2D eigenvalue weighted by molar-refractivity contribution is 9.09. The van der Waals surface area contributed by atoms with Crippen LogP contribution in [0, 0.1) is 11.3 Å². The van der Waals surface area contributed by atoms with Crippen LogP contribution in [-0.4, -0.2) is 29.4 Å². The Bertz CT molecular complexity index is 493. The van der Waals surface area contributed by atoms with Crippen molar-refractivity contribution in [3.05, 3.63) is 35.9 Å². The summed E-state index contributed by atoms with van der Waals surface area (Å²) in [5.74, 6) is 0.783. The number of halogens is 1. The molecule has 114 valence electrons. The maximum atomic E-state index is 12.2. The molecule has 0 bridgehead atoms. The van der Waals surface area contributed by atoms with Crippen molar-refractivity contribution in [2.24, 2.45) is 11.3 Å². The van der Waals surface area contributed by atoms with E-state index < -0.39 is 0 Å². The molecule has 0 unspecified atom stereocenters. The lowest BCUT2D eigenvalue weighted by molar-refractivity contribution is 0.0995. The first-order valence-corrected chi connectivity index (χ1v) is 8.84. The molecular weight excluding hydrogens is 330 g/mol. The molecule has 2 atom stereocenters. The molecule has 0 N–H and O–H groups in total. The van der Waals surface area contributed by atoms with Gasteiger partial charge in [-0.25, -0.2) is 4.79 Å². The van der Waals surface area contributed by atoms with Crippen LogP contribution in [-0.2, 0) is 11.3 Å². The number of nitrogens with zero attached hydrogens (tertiary/aromatic N) is 1. The van der Waals surface area contributed by atoms with Gasteiger partial charge in [-0.2, -0.15) is 0 Å². The Hall–Kier alpha value is -1.03. The molecule has 1 aliphatic heterocycles. The zero-order valence-electron chi connectivity index (χ0n) is 12.3. The largest absolute Gasteiger partial charge is 0.445 e. The summed E-state index contributed by atoms with van der Waals surface area (Å²) in [7, 11) is 0.